The molecule has 0 atom stereocenters. The van der Waals surface area contributed by atoms with Gasteiger partial charge < -0.3 is 9.84 Å². The Hall–Kier alpha value is -2.07. The predicted molar refractivity (Wildman–Crippen MR) is 86.8 cm³/mol. The van der Waals surface area contributed by atoms with Gasteiger partial charge in [-0.15, -0.1) is 0 Å². The summed E-state index contributed by atoms with van der Waals surface area (Å²) in [7, 11) is 0. The maximum atomic E-state index is 12.1. The van der Waals surface area contributed by atoms with Crippen LogP contribution in [-0.4, -0.2) is 17.5 Å². The van der Waals surface area contributed by atoms with Crippen LogP contribution in [0.1, 0.15) is 22.8 Å². The Labute approximate surface area is 132 Å². The molecule has 0 aliphatic rings. The topological polar surface area (TPSA) is 46.5 Å². The van der Waals surface area contributed by atoms with Gasteiger partial charge in [0.25, 0.3) is 0 Å². The molecule has 0 radical (unpaired) electrons. The fraction of sp³-hybridized carbons (Fsp3) is 0.118. The van der Waals surface area contributed by atoms with E-state index in [0.717, 1.165) is 10.2 Å². The molecule has 108 valence electrons. The molecule has 2 aromatic rings. The number of ketones is 1. The Morgan fingerprint density at radius 3 is 2.62 bits per heavy atom. The second-order valence-electron chi connectivity index (χ2n) is 4.36. The fourth-order valence-corrected chi connectivity index (χ4v) is 2.18. The first-order valence-electron chi connectivity index (χ1n) is 6.54. The predicted octanol–water partition coefficient (Wildman–Crippen LogP) is 4.45. The number of carbonyl (C=O) groups is 1. The van der Waals surface area contributed by atoms with Crippen LogP contribution < -0.4 is 4.74 Å². The Bertz CT molecular complexity index is 660. The summed E-state index contributed by atoms with van der Waals surface area (Å²) in [6.07, 6.45) is 3.04. The number of benzene rings is 2. The van der Waals surface area contributed by atoms with Gasteiger partial charge in [0.05, 0.1) is 6.61 Å². The zero-order chi connectivity index (χ0) is 15.2. The summed E-state index contributed by atoms with van der Waals surface area (Å²) in [4.78, 5) is 12.1. The molecule has 0 saturated heterocycles. The van der Waals surface area contributed by atoms with Crippen LogP contribution in [0.3, 0.4) is 0 Å². The number of phenolic OH excluding ortho intramolecular Hbond substituents is 1. The van der Waals surface area contributed by atoms with E-state index in [2.05, 4.69) is 15.9 Å². The highest BCUT2D eigenvalue weighted by Gasteiger charge is 2.03. The highest BCUT2D eigenvalue weighted by Crippen LogP contribution is 2.23. The zero-order valence-electron chi connectivity index (χ0n) is 11.5. The number of hydrogen-bond acceptors (Lipinski definition) is 3. The largest absolute Gasteiger partial charge is 0.507 e. The number of halogens is 1. The number of hydrogen-bond donors (Lipinski definition) is 1. The van der Waals surface area contributed by atoms with Crippen molar-refractivity contribution in [3.63, 3.8) is 0 Å². The van der Waals surface area contributed by atoms with E-state index >= 15 is 0 Å². The molecule has 0 aliphatic carbocycles. The number of rotatable bonds is 5. The molecule has 0 heterocycles. The van der Waals surface area contributed by atoms with Gasteiger partial charge in [0.15, 0.2) is 5.78 Å². The Morgan fingerprint density at radius 2 is 1.95 bits per heavy atom. The van der Waals surface area contributed by atoms with E-state index in [1.807, 2.05) is 6.92 Å². The maximum absolute atomic E-state index is 12.1. The molecule has 21 heavy (non-hydrogen) atoms. The molecule has 0 bridgehead atoms. The molecule has 0 fully saturated rings. The zero-order valence-corrected chi connectivity index (χ0v) is 13.1. The number of aromatic hydroxyl groups is 1. The van der Waals surface area contributed by atoms with Crippen LogP contribution >= 0.6 is 15.9 Å². The van der Waals surface area contributed by atoms with Crippen molar-refractivity contribution in [1.82, 2.24) is 0 Å². The highest BCUT2D eigenvalue weighted by atomic mass is 79.9. The molecule has 0 saturated carbocycles. The van der Waals surface area contributed by atoms with E-state index in [9.17, 15) is 9.90 Å². The van der Waals surface area contributed by atoms with Gasteiger partial charge in [-0.1, -0.05) is 15.9 Å². The third-order valence-electron chi connectivity index (χ3n) is 2.85. The van der Waals surface area contributed by atoms with Crippen LogP contribution in [0.4, 0.5) is 0 Å². The van der Waals surface area contributed by atoms with Crippen LogP contribution in [0.5, 0.6) is 11.5 Å². The van der Waals surface area contributed by atoms with E-state index in [1.165, 1.54) is 6.08 Å². The molecule has 2 rings (SSSR count). The third kappa shape index (κ3) is 4.20. The average Bonchev–Trinajstić information content (AvgIpc) is 2.49. The second-order valence-corrected chi connectivity index (χ2v) is 5.27. The number of ether oxygens (including phenoxy) is 1. The summed E-state index contributed by atoms with van der Waals surface area (Å²) in [6, 6.07) is 12.0. The smallest absolute Gasteiger partial charge is 0.185 e. The van der Waals surface area contributed by atoms with E-state index in [0.29, 0.717) is 17.7 Å². The molecule has 2 aromatic carbocycles. The lowest BCUT2D eigenvalue weighted by molar-refractivity contribution is 0.104. The summed E-state index contributed by atoms with van der Waals surface area (Å²) in [5.41, 5.74) is 1.16. The molecule has 0 aliphatic heterocycles. The molecular weight excluding hydrogens is 332 g/mol. The first kappa shape index (κ1) is 15.3. The van der Waals surface area contributed by atoms with Crippen LogP contribution in [0.15, 0.2) is 53.0 Å². The lowest BCUT2D eigenvalue weighted by atomic mass is 10.1. The summed E-state index contributed by atoms with van der Waals surface area (Å²) < 4.78 is 6.17. The van der Waals surface area contributed by atoms with Gasteiger partial charge in [-0.25, -0.2) is 0 Å². The molecule has 0 unspecified atom stereocenters. The molecule has 1 N–H and O–H groups in total. The number of carbonyl (C=O) groups excluding carboxylic acids is 1. The average molecular weight is 347 g/mol. The summed E-state index contributed by atoms with van der Waals surface area (Å²) in [6.45, 7) is 2.50. The Morgan fingerprint density at radius 1 is 1.24 bits per heavy atom. The van der Waals surface area contributed by atoms with Crippen LogP contribution in [0.25, 0.3) is 6.08 Å². The van der Waals surface area contributed by atoms with Gasteiger partial charge in [-0.3, -0.25) is 4.79 Å². The highest BCUT2D eigenvalue weighted by molar-refractivity contribution is 9.10. The fourth-order valence-electron chi connectivity index (χ4n) is 1.80. The van der Waals surface area contributed by atoms with Gasteiger partial charge >= 0.3 is 0 Å². The van der Waals surface area contributed by atoms with Crippen molar-refractivity contribution in [2.75, 3.05) is 6.61 Å². The maximum Gasteiger partial charge on any atom is 0.185 e. The molecule has 4 heteroatoms. The minimum atomic E-state index is -0.127. The van der Waals surface area contributed by atoms with Gasteiger partial charge in [0.1, 0.15) is 11.5 Å². The molecular formula is C17H15BrO3. The first-order valence-corrected chi connectivity index (χ1v) is 7.33. The summed E-state index contributed by atoms with van der Waals surface area (Å²) in [5.74, 6) is 0.744. The monoisotopic (exact) mass is 346 g/mol. The number of phenols is 1. The molecule has 0 spiro atoms. The van der Waals surface area contributed by atoms with Crippen LogP contribution in [0, 0.1) is 0 Å². The molecule has 3 nitrogen and oxygen atoms in total. The second kappa shape index (κ2) is 7.09. The van der Waals surface area contributed by atoms with Crippen molar-refractivity contribution < 1.29 is 14.6 Å². The summed E-state index contributed by atoms with van der Waals surface area (Å²) in [5, 5.41) is 9.71. The lowest BCUT2D eigenvalue weighted by Crippen LogP contribution is -1.95. The van der Waals surface area contributed by atoms with E-state index in [-0.39, 0.29) is 11.5 Å². The Kier molecular flexibility index (Phi) is 5.17. The van der Waals surface area contributed by atoms with Crippen molar-refractivity contribution >= 4 is 27.8 Å². The lowest BCUT2D eigenvalue weighted by Gasteiger charge is -2.03. The SMILES string of the molecule is CCOc1ccc(C(=O)/C=C/c2cc(Br)ccc2O)cc1. The van der Waals surface area contributed by atoms with Gasteiger partial charge in [-0.2, -0.15) is 0 Å². The first-order chi connectivity index (χ1) is 10.1. The standard InChI is InChI=1S/C17H15BrO3/c1-2-21-15-7-3-12(4-8-15)16(19)9-5-13-11-14(18)6-10-17(13)20/h3-11,20H,2H2,1H3/b9-5+. The van der Waals surface area contributed by atoms with E-state index in [1.54, 1.807) is 48.5 Å². The van der Waals surface area contributed by atoms with Crippen molar-refractivity contribution in [3.05, 3.63) is 64.1 Å². The van der Waals surface area contributed by atoms with Crippen molar-refractivity contribution in [3.8, 4) is 11.5 Å². The van der Waals surface area contributed by atoms with E-state index < -0.39 is 0 Å². The molecule has 0 amide bonds. The van der Waals surface area contributed by atoms with E-state index in [4.69, 9.17) is 4.74 Å². The van der Waals surface area contributed by atoms with Crippen LogP contribution in [-0.2, 0) is 0 Å². The van der Waals surface area contributed by atoms with Crippen LogP contribution in [0.2, 0.25) is 0 Å². The summed E-state index contributed by atoms with van der Waals surface area (Å²) >= 11 is 3.33. The third-order valence-corrected chi connectivity index (χ3v) is 3.35. The quantitative estimate of drug-likeness (QED) is 0.642. The van der Waals surface area contributed by atoms with Gasteiger partial charge in [0.2, 0.25) is 0 Å². The van der Waals surface area contributed by atoms with Gasteiger partial charge in [-0.05, 0) is 61.5 Å². The minimum Gasteiger partial charge on any atom is -0.507 e. The Balaban J connectivity index is 2.13. The van der Waals surface area contributed by atoms with Crippen molar-refractivity contribution in [2.45, 2.75) is 6.92 Å². The van der Waals surface area contributed by atoms with Crippen molar-refractivity contribution in [1.29, 1.82) is 0 Å². The minimum absolute atomic E-state index is 0.127. The normalized spacial score (nSPS) is 10.8. The molecule has 0 aromatic heterocycles. The number of allylic oxidation sites excluding steroid dienone is 1. The van der Waals surface area contributed by atoms with Gasteiger partial charge in [0, 0.05) is 15.6 Å². The van der Waals surface area contributed by atoms with Crippen molar-refractivity contribution in [2.24, 2.45) is 0 Å².